The second kappa shape index (κ2) is 7.79. The maximum atomic E-state index is 13.8. The number of halogens is 3. The van der Waals surface area contributed by atoms with Gasteiger partial charge in [0, 0.05) is 35.5 Å². The maximum absolute atomic E-state index is 13.8. The molecule has 0 atom stereocenters. The van der Waals surface area contributed by atoms with Gasteiger partial charge < -0.3 is 4.90 Å². The lowest BCUT2D eigenvalue weighted by Crippen LogP contribution is -2.29. The van der Waals surface area contributed by atoms with Crippen molar-refractivity contribution in [3.05, 3.63) is 87.1 Å². The van der Waals surface area contributed by atoms with Gasteiger partial charge in [0.1, 0.15) is 0 Å². The minimum absolute atomic E-state index is 0.00711. The first kappa shape index (κ1) is 22.8. The molecule has 0 spiro atoms. The molecule has 0 saturated heterocycles. The number of amides is 1. The molecule has 2 aromatic carbocycles. The number of carbonyl (C=O) groups excluding carboxylic acids is 1. The van der Waals surface area contributed by atoms with Crippen molar-refractivity contribution in [2.45, 2.75) is 38.3 Å². The molecule has 0 radical (unpaired) electrons. The summed E-state index contributed by atoms with van der Waals surface area (Å²) in [6.07, 6.45) is -0.220. The quantitative estimate of drug-likeness (QED) is 0.333. The number of hydrogen-bond donors (Lipinski definition) is 0. The first-order chi connectivity index (χ1) is 16.5. The van der Waals surface area contributed by atoms with E-state index in [0.29, 0.717) is 5.01 Å². The summed E-state index contributed by atoms with van der Waals surface area (Å²) in [5, 5.41) is 15.1. The first-order valence-corrected chi connectivity index (χ1v) is 11.1. The number of non-ortho nitro benzene ring substituents is 1. The van der Waals surface area contributed by atoms with Crippen molar-refractivity contribution >= 4 is 28.7 Å². The van der Waals surface area contributed by atoms with E-state index in [2.05, 4.69) is 16.1 Å². The van der Waals surface area contributed by atoms with E-state index in [1.54, 1.807) is 6.08 Å². The number of nitro groups is 1. The highest BCUT2D eigenvalue weighted by molar-refractivity contribution is 6.32. The highest BCUT2D eigenvalue weighted by atomic mass is 19.4. The molecular weight excluding hydrogens is 461 g/mol. The van der Waals surface area contributed by atoms with E-state index in [1.807, 2.05) is 26.0 Å². The Morgan fingerprint density at radius 1 is 1.11 bits per heavy atom. The number of alkyl halides is 3. The molecule has 1 amide bonds. The number of anilines is 2. The van der Waals surface area contributed by atoms with Gasteiger partial charge in [-0.25, -0.2) is 0 Å². The number of rotatable bonds is 3. The van der Waals surface area contributed by atoms with Crippen molar-refractivity contribution in [3.63, 3.8) is 0 Å². The third-order valence-electron chi connectivity index (χ3n) is 6.68. The van der Waals surface area contributed by atoms with Gasteiger partial charge in [0.2, 0.25) is 0 Å². The van der Waals surface area contributed by atoms with Crippen molar-refractivity contribution in [2.75, 3.05) is 16.5 Å². The lowest BCUT2D eigenvalue weighted by atomic mass is 9.83. The van der Waals surface area contributed by atoms with Gasteiger partial charge >= 0.3 is 6.18 Å². The number of nitrogens with zero attached hydrogens (tertiary/aromatic N) is 4. The van der Waals surface area contributed by atoms with E-state index in [4.69, 9.17) is 0 Å². The predicted molar refractivity (Wildman–Crippen MR) is 125 cm³/mol. The first-order valence-electron chi connectivity index (χ1n) is 11.1. The molecule has 5 rings (SSSR count). The number of hydrogen-bond acceptors (Lipinski definition) is 5. The molecule has 10 heteroatoms. The Hall–Kier alpha value is -3.95. The highest BCUT2D eigenvalue weighted by Gasteiger charge is 2.47. The van der Waals surface area contributed by atoms with Crippen LogP contribution >= 0.6 is 0 Å². The summed E-state index contributed by atoms with van der Waals surface area (Å²) < 4.78 is 41.5. The molecule has 2 aromatic rings. The van der Waals surface area contributed by atoms with Crippen LogP contribution in [0.5, 0.6) is 0 Å². The van der Waals surface area contributed by atoms with Gasteiger partial charge in [-0.2, -0.15) is 23.3 Å². The largest absolute Gasteiger partial charge is 0.435 e. The van der Waals surface area contributed by atoms with Crippen LogP contribution in [0.4, 0.5) is 30.2 Å². The van der Waals surface area contributed by atoms with Crippen LogP contribution in [0.3, 0.4) is 0 Å². The molecule has 0 bridgehead atoms. The van der Waals surface area contributed by atoms with Crippen molar-refractivity contribution in [3.8, 4) is 0 Å². The summed E-state index contributed by atoms with van der Waals surface area (Å²) in [5.74, 6) is -0.948. The molecule has 35 heavy (non-hydrogen) atoms. The zero-order chi connectivity index (χ0) is 25.1. The van der Waals surface area contributed by atoms with E-state index >= 15 is 0 Å². The van der Waals surface area contributed by atoms with Crippen molar-refractivity contribution < 1.29 is 22.9 Å². The minimum atomic E-state index is -4.86. The Balaban J connectivity index is 1.56. The Bertz CT molecular complexity index is 1340. The van der Waals surface area contributed by atoms with Crippen LogP contribution in [0.15, 0.2) is 71.0 Å². The lowest BCUT2D eigenvalue weighted by Gasteiger charge is -2.30. The number of allylic oxidation sites excluding steroid dienone is 3. The Morgan fingerprint density at radius 3 is 2.49 bits per heavy atom. The molecular formula is C25H21F3N4O3. The number of para-hydroxylation sites is 1. The van der Waals surface area contributed by atoms with Crippen LogP contribution in [0.2, 0.25) is 0 Å². The minimum Gasteiger partial charge on any atom is -0.344 e. The standard InChI is InChI=1S/C25H21F3N4O3/c1-24(2)19-7-3-5-15-6-4-14-30(21(15)19)20(24)13-12-18-22(25(26,27)28)29-31(23(18)33)16-8-10-17(11-9-16)32(34)35/h3,5,7-13H,4,6,14H2,1-2H3/b18-12+,20-13-. The third-order valence-corrected chi connectivity index (χ3v) is 6.68. The van der Waals surface area contributed by atoms with E-state index < -0.39 is 33.7 Å². The molecule has 0 saturated carbocycles. The van der Waals surface area contributed by atoms with Gasteiger partial charge in [0.05, 0.1) is 16.2 Å². The monoisotopic (exact) mass is 482 g/mol. The van der Waals surface area contributed by atoms with Gasteiger partial charge in [-0.05, 0) is 48.3 Å². The van der Waals surface area contributed by atoms with E-state index in [-0.39, 0.29) is 11.4 Å². The summed E-state index contributed by atoms with van der Waals surface area (Å²) in [5.41, 5.74) is 1.65. The number of carbonyl (C=O) groups is 1. The number of aryl methyl sites for hydroxylation is 1. The zero-order valence-corrected chi connectivity index (χ0v) is 19.0. The summed E-state index contributed by atoms with van der Waals surface area (Å²) in [6, 6.07) is 10.7. The van der Waals surface area contributed by atoms with Crippen LogP contribution in [0.1, 0.15) is 31.4 Å². The predicted octanol–water partition coefficient (Wildman–Crippen LogP) is 5.41. The number of benzene rings is 2. The zero-order valence-electron chi connectivity index (χ0n) is 19.0. The molecule has 180 valence electrons. The van der Waals surface area contributed by atoms with E-state index in [0.717, 1.165) is 48.5 Å². The summed E-state index contributed by atoms with van der Waals surface area (Å²) in [6.45, 7) is 4.78. The molecule has 0 N–H and O–H groups in total. The third kappa shape index (κ3) is 3.60. The van der Waals surface area contributed by atoms with Gasteiger partial charge in [-0.3, -0.25) is 14.9 Å². The average Bonchev–Trinajstić information content (AvgIpc) is 3.25. The van der Waals surface area contributed by atoms with E-state index in [1.165, 1.54) is 23.8 Å². The smallest absolute Gasteiger partial charge is 0.344 e. The van der Waals surface area contributed by atoms with Gasteiger partial charge in [-0.15, -0.1) is 0 Å². The topological polar surface area (TPSA) is 79.0 Å². The average molecular weight is 482 g/mol. The summed E-state index contributed by atoms with van der Waals surface area (Å²) in [7, 11) is 0. The Morgan fingerprint density at radius 2 is 1.83 bits per heavy atom. The molecule has 7 nitrogen and oxygen atoms in total. The fraction of sp³-hybridized carbons (Fsp3) is 0.280. The lowest BCUT2D eigenvalue weighted by molar-refractivity contribution is -0.384. The second-order valence-corrected chi connectivity index (χ2v) is 9.16. The van der Waals surface area contributed by atoms with Crippen LogP contribution in [-0.2, 0) is 16.6 Å². The Labute approximate surface area is 199 Å². The van der Waals surface area contributed by atoms with Crippen LogP contribution in [0, 0.1) is 10.1 Å². The molecule has 0 unspecified atom stereocenters. The number of hydrazone groups is 1. The SMILES string of the molecule is CC1(C)/C(=C/C=C2/C(=O)N(c3ccc([N+](=O)[O-])cc3)N=C2C(F)(F)F)N2CCCc3cccc1c32. The van der Waals surface area contributed by atoms with Gasteiger partial charge in [-0.1, -0.05) is 32.0 Å². The van der Waals surface area contributed by atoms with Gasteiger partial charge in [0.15, 0.2) is 5.71 Å². The van der Waals surface area contributed by atoms with Crippen LogP contribution < -0.4 is 9.91 Å². The van der Waals surface area contributed by atoms with Crippen molar-refractivity contribution in [2.24, 2.45) is 5.10 Å². The Kier molecular flexibility index (Phi) is 5.08. The normalized spacial score (nSPS) is 21.1. The molecule has 3 aliphatic rings. The summed E-state index contributed by atoms with van der Waals surface area (Å²) in [4.78, 5) is 25.4. The van der Waals surface area contributed by atoms with E-state index in [9.17, 15) is 28.1 Å². The number of nitro benzene ring substituents is 1. The fourth-order valence-electron chi connectivity index (χ4n) is 5.00. The van der Waals surface area contributed by atoms with Crippen molar-refractivity contribution in [1.29, 1.82) is 0 Å². The molecule has 3 heterocycles. The second-order valence-electron chi connectivity index (χ2n) is 9.16. The van der Waals surface area contributed by atoms with Gasteiger partial charge in [0.25, 0.3) is 11.6 Å². The van der Waals surface area contributed by atoms with Crippen LogP contribution in [0.25, 0.3) is 0 Å². The van der Waals surface area contributed by atoms with Crippen LogP contribution in [-0.4, -0.2) is 29.3 Å². The molecule has 0 aromatic heterocycles. The fourth-order valence-corrected chi connectivity index (χ4v) is 5.00. The molecule has 3 aliphatic heterocycles. The molecule has 0 aliphatic carbocycles. The summed E-state index contributed by atoms with van der Waals surface area (Å²) >= 11 is 0. The maximum Gasteiger partial charge on any atom is 0.435 e. The highest BCUT2D eigenvalue weighted by Crippen LogP contribution is 2.51. The van der Waals surface area contributed by atoms with Crippen molar-refractivity contribution in [1.82, 2.24) is 0 Å². The molecule has 0 fully saturated rings.